The number of rotatable bonds is 5. The molecule has 0 amide bonds. The Labute approximate surface area is 120 Å². The summed E-state index contributed by atoms with van der Waals surface area (Å²) < 4.78 is 13.7. The third-order valence-electron chi connectivity index (χ3n) is 2.53. The van der Waals surface area contributed by atoms with Gasteiger partial charge >= 0.3 is 0 Å². The monoisotopic (exact) mass is 299 g/mol. The Hall–Kier alpha value is -1.04. The molecule has 2 aromatic rings. The molecule has 1 heterocycles. The number of nitrogens with one attached hydrogen (secondary N) is 1. The Kier molecular flexibility index (Phi) is 4.85. The second-order valence-electron chi connectivity index (χ2n) is 4.46. The van der Waals surface area contributed by atoms with Crippen molar-refractivity contribution in [1.29, 1.82) is 0 Å². The molecule has 0 spiro atoms. The van der Waals surface area contributed by atoms with Gasteiger partial charge in [0.1, 0.15) is 10.8 Å². The largest absolute Gasteiger partial charge is 0.314 e. The lowest BCUT2D eigenvalue weighted by molar-refractivity contribution is 0.588. The summed E-state index contributed by atoms with van der Waals surface area (Å²) in [4.78, 5) is 0. The van der Waals surface area contributed by atoms with Crippen molar-refractivity contribution in [2.75, 3.05) is 6.54 Å². The smallest absolute Gasteiger partial charge is 0.152 e. The quantitative estimate of drug-likeness (QED) is 0.917. The summed E-state index contributed by atoms with van der Waals surface area (Å²) in [6.07, 6.45) is 0.780. The fraction of sp³-hybridized carbons (Fsp3) is 0.385. The van der Waals surface area contributed by atoms with Crippen LogP contribution in [-0.2, 0) is 6.42 Å². The van der Waals surface area contributed by atoms with E-state index in [2.05, 4.69) is 29.4 Å². The molecule has 0 fully saturated rings. The van der Waals surface area contributed by atoms with Crippen LogP contribution in [0.2, 0.25) is 5.02 Å². The Morgan fingerprint density at radius 3 is 2.84 bits per heavy atom. The van der Waals surface area contributed by atoms with Crippen molar-refractivity contribution in [3.8, 4) is 10.6 Å². The molecule has 102 valence electrons. The van der Waals surface area contributed by atoms with Gasteiger partial charge in [-0.2, -0.15) is 0 Å². The lowest BCUT2D eigenvalue weighted by atomic mass is 10.2. The van der Waals surface area contributed by atoms with Gasteiger partial charge in [0.15, 0.2) is 5.01 Å². The number of halogens is 2. The van der Waals surface area contributed by atoms with Crippen LogP contribution in [0.15, 0.2) is 18.2 Å². The minimum Gasteiger partial charge on any atom is -0.314 e. The summed E-state index contributed by atoms with van der Waals surface area (Å²) in [6, 6.07) is 5.05. The number of hydrogen-bond donors (Lipinski definition) is 1. The maximum Gasteiger partial charge on any atom is 0.152 e. The minimum absolute atomic E-state index is 0.338. The molecule has 0 aliphatic carbocycles. The molecule has 0 atom stereocenters. The first-order chi connectivity index (χ1) is 9.08. The molecule has 1 aromatic heterocycles. The molecule has 0 saturated heterocycles. The van der Waals surface area contributed by atoms with E-state index >= 15 is 0 Å². The summed E-state index contributed by atoms with van der Waals surface area (Å²) in [7, 11) is 0. The highest BCUT2D eigenvalue weighted by atomic mass is 35.5. The Morgan fingerprint density at radius 2 is 2.16 bits per heavy atom. The molecule has 0 aliphatic heterocycles. The van der Waals surface area contributed by atoms with Gasteiger partial charge in [-0.1, -0.05) is 42.9 Å². The lowest BCUT2D eigenvalue weighted by Gasteiger charge is -2.05. The summed E-state index contributed by atoms with van der Waals surface area (Å²) >= 11 is 7.39. The highest BCUT2D eigenvalue weighted by Crippen LogP contribution is 2.32. The third-order valence-corrected chi connectivity index (χ3v) is 3.85. The van der Waals surface area contributed by atoms with Crippen molar-refractivity contribution in [3.05, 3.63) is 34.0 Å². The molecular weight excluding hydrogens is 285 g/mol. The topological polar surface area (TPSA) is 37.8 Å². The Balaban J connectivity index is 2.12. The lowest BCUT2D eigenvalue weighted by Crippen LogP contribution is -2.24. The van der Waals surface area contributed by atoms with E-state index in [1.807, 2.05) is 0 Å². The maximum absolute atomic E-state index is 13.7. The second kappa shape index (κ2) is 6.41. The molecule has 6 heteroatoms. The van der Waals surface area contributed by atoms with Gasteiger partial charge in [-0.05, 0) is 12.1 Å². The average molecular weight is 300 g/mol. The van der Waals surface area contributed by atoms with Crippen molar-refractivity contribution in [2.24, 2.45) is 0 Å². The van der Waals surface area contributed by atoms with Crippen LogP contribution in [0.25, 0.3) is 10.6 Å². The van der Waals surface area contributed by atoms with Crippen LogP contribution in [0.4, 0.5) is 4.39 Å². The molecule has 0 bridgehead atoms. The number of benzene rings is 1. The molecule has 3 nitrogen and oxygen atoms in total. The van der Waals surface area contributed by atoms with Gasteiger partial charge in [-0.15, -0.1) is 10.2 Å². The first-order valence-electron chi connectivity index (χ1n) is 6.08. The molecular formula is C13H15ClFN3S. The van der Waals surface area contributed by atoms with E-state index in [4.69, 9.17) is 11.6 Å². The summed E-state index contributed by atoms with van der Waals surface area (Å²) in [6.45, 7) is 5.01. The SMILES string of the molecule is CC(C)NCCc1nnc(-c2c(F)cccc2Cl)s1. The van der Waals surface area contributed by atoms with Crippen LogP contribution in [0.1, 0.15) is 18.9 Å². The molecule has 19 heavy (non-hydrogen) atoms. The van der Waals surface area contributed by atoms with E-state index in [1.54, 1.807) is 12.1 Å². The molecule has 0 radical (unpaired) electrons. The Morgan fingerprint density at radius 1 is 1.37 bits per heavy atom. The van der Waals surface area contributed by atoms with Gasteiger partial charge < -0.3 is 5.32 Å². The molecule has 1 aromatic carbocycles. The van der Waals surface area contributed by atoms with Crippen molar-refractivity contribution in [1.82, 2.24) is 15.5 Å². The zero-order valence-corrected chi connectivity index (χ0v) is 12.4. The predicted molar refractivity (Wildman–Crippen MR) is 77.2 cm³/mol. The molecule has 0 unspecified atom stereocenters. The van der Waals surface area contributed by atoms with Crippen LogP contribution in [0.3, 0.4) is 0 Å². The number of hydrogen-bond acceptors (Lipinski definition) is 4. The van der Waals surface area contributed by atoms with Gasteiger partial charge in [-0.3, -0.25) is 0 Å². The normalized spacial score (nSPS) is 11.2. The van der Waals surface area contributed by atoms with E-state index < -0.39 is 0 Å². The zero-order valence-electron chi connectivity index (χ0n) is 10.8. The van der Waals surface area contributed by atoms with E-state index in [1.165, 1.54) is 17.4 Å². The standard InChI is InChI=1S/C13H15ClFN3S/c1-8(2)16-7-6-11-17-18-13(19-11)12-9(14)4-3-5-10(12)15/h3-5,8,16H,6-7H2,1-2H3. The first kappa shape index (κ1) is 14.4. The van der Waals surface area contributed by atoms with Crippen LogP contribution in [-0.4, -0.2) is 22.8 Å². The molecule has 0 aliphatic rings. The van der Waals surface area contributed by atoms with E-state index in [9.17, 15) is 4.39 Å². The summed E-state index contributed by atoms with van der Waals surface area (Å²) in [5.74, 6) is -0.365. The van der Waals surface area contributed by atoms with Crippen molar-refractivity contribution in [3.63, 3.8) is 0 Å². The number of aromatic nitrogens is 2. The molecule has 0 saturated carbocycles. The van der Waals surface area contributed by atoms with Gasteiger partial charge in [0, 0.05) is 19.0 Å². The number of nitrogens with zero attached hydrogens (tertiary/aromatic N) is 2. The second-order valence-corrected chi connectivity index (χ2v) is 5.93. The van der Waals surface area contributed by atoms with Gasteiger partial charge in [0.05, 0.1) is 10.6 Å². The highest BCUT2D eigenvalue weighted by molar-refractivity contribution is 7.14. The van der Waals surface area contributed by atoms with Crippen LogP contribution in [0, 0.1) is 5.82 Å². The van der Waals surface area contributed by atoms with Gasteiger partial charge in [0.2, 0.25) is 0 Å². The van der Waals surface area contributed by atoms with E-state index in [-0.39, 0.29) is 5.82 Å². The molecule has 2 rings (SSSR count). The average Bonchev–Trinajstić information content (AvgIpc) is 2.77. The predicted octanol–water partition coefficient (Wildman–Crippen LogP) is 3.54. The van der Waals surface area contributed by atoms with E-state index in [0.717, 1.165) is 18.0 Å². The van der Waals surface area contributed by atoms with Crippen molar-refractivity contribution < 1.29 is 4.39 Å². The highest BCUT2D eigenvalue weighted by Gasteiger charge is 2.14. The van der Waals surface area contributed by atoms with Crippen LogP contribution >= 0.6 is 22.9 Å². The third kappa shape index (κ3) is 3.72. The molecule has 1 N–H and O–H groups in total. The van der Waals surface area contributed by atoms with Crippen molar-refractivity contribution in [2.45, 2.75) is 26.3 Å². The summed E-state index contributed by atoms with van der Waals surface area (Å²) in [5.41, 5.74) is 0.338. The van der Waals surface area contributed by atoms with E-state index in [0.29, 0.717) is 21.6 Å². The zero-order chi connectivity index (χ0) is 13.8. The Bertz CT molecular complexity index is 536. The van der Waals surface area contributed by atoms with Crippen molar-refractivity contribution >= 4 is 22.9 Å². The first-order valence-corrected chi connectivity index (χ1v) is 7.27. The van der Waals surface area contributed by atoms with Crippen LogP contribution in [0.5, 0.6) is 0 Å². The fourth-order valence-corrected chi connectivity index (χ4v) is 2.83. The van der Waals surface area contributed by atoms with Gasteiger partial charge in [0.25, 0.3) is 0 Å². The minimum atomic E-state index is -0.365. The maximum atomic E-state index is 13.7. The summed E-state index contributed by atoms with van der Waals surface area (Å²) in [5, 5.41) is 13.2. The van der Waals surface area contributed by atoms with Crippen LogP contribution < -0.4 is 5.32 Å². The fourth-order valence-electron chi connectivity index (χ4n) is 1.63. The van der Waals surface area contributed by atoms with Gasteiger partial charge in [-0.25, -0.2) is 4.39 Å².